The lowest BCUT2D eigenvalue weighted by molar-refractivity contribution is -0.384. The van der Waals surface area contributed by atoms with E-state index in [2.05, 4.69) is 10.4 Å². The number of nitro groups is 1. The summed E-state index contributed by atoms with van der Waals surface area (Å²) in [5, 5.41) is 27.6. The number of anilines is 1. The largest absolute Gasteiger partial charge is 0.491 e. The third-order valence-corrected chi connectivity index (χ3v) is 3.21. The van der Waals surface area contributed by atoms with Gasteiger partial charge in [-0.25, -0.2) is 13.5 Å². The summed E-state index contributed by atoms with van der Waals surface area (Å²) in [6.45, 7) is 1.25. The number of aliphatic hydroxyl groups is 1. The van der Waals surface area contributed by atoms with Gasteiger partial charge in [0, 0.05) is 19.7 Å². The molecule has 0 aliphatic rings. The Balaban J connectivity index is 1.93. The Morgan fingerprint density at radius 2 is 2.17 bits per heavy atom. The van der Waals surface area contributed by atoms with Crippen molar-refractivity contribution in [2.45, 2.75) is 13.0 Å². The number of aromatic nitrogens is 2. The third kappa shape index (κ3) is 3.96. The summed E-state index contributed by atoms with van der Waals surface area (Å²) < 4.78 is 32.3. The van der Waals surface area contributed by atoms with Gasteiger partial charge in [-0.05, 0) is 19.1 Å². The Labute approximate surface area is 135 Å². The second kappa shape index (κ2) is 7.21. The van der Waals surface area contributed by atoms with E-state index in [4.69, 9.17) is 4.74 Å². The van der Waals surface area contributed by atoms with Crippen LogP contribution in [0, 0.1) is 28.7 Å². The van der Waals surface area contributed by atoms with Gasteiger partial charge in [-0.2, -0.15) is 5.10 Å². The maximum Gasteiger partial charge on any atom is 0.333 e. The van der Waals surface area contributed by atoms with Gasteiger partial charge in [0.1, 0.15) is 24.2 Å². The van der Waals surface area contributed by atoms with Gasteiger partial charge in [0.25, 0.3) is 0 Å². The number of nitrogens with one attached hydrogen (secondary N) is 1. The molecule has 0 aliphatic carbocycles. The molecule has 1 heterocycles. The van der Waals surface area contributed by atoms with E-state index in [0.29, 0.717) is 0 Å². The Morgan fingerprint density at radius 3 is 2.79 bits per heavy atom. The molecular formula is C14H16F2N4O4. The molecule has 10 heteroatoms. The quantitative estimate of drug-likeness (QED) is 0.587. The Hall–Kier alpha value is -2.75. The van der Waals surface area contributed by atoms with E-state index in [1.54, 1.807) is 0 Å². The van der Waals surface area contributed by atoms with Gasteiger partial charge in [0.2, 0.25) is 5.82 Å². The molecule has 0 saturated heterocycles. The van der Waals surface area contributed by atoms with Crippen molar-refractivity contribution < 1.29 is 23.5 Å². The molecule has 0 fully saturated rings. The number of aryl methyl sites for hydroxylation is 2. The Kier molecular flexibility index (Phi) is 5.29. The summed E-state index contributed by atoms with van der Waals surface area (Å²) in [4.78, 5) is 10.5. The summed E-state index contributed by atoms with van der Waals surface area (Å²) in [6.07, 6.45) is -1.03. The van der Waals surface area contributed by atoms with Crippen molar-refractivity contribution in [2.75, 3.05) is 18.5 Å². The first kappa shape index (κ1) is 17.6. The molecule has 0 saturated carbocycles. The normalized spacial score (nSPS) is 12.0. The third-order valence-electron chi connectivity index (χ3n) is 3.21. The molecule has 8 nitrogen and oxygen atoms in total. The average molecular weight is 342 g/mol. The molecule has 0 bridgehead atoms. The summed E-state index contributed by atoms with van der Waals surface area (Å²) >= 11 is 0. The van der Waals surface area contributed by atoms with Crippen molar-refractivity contribution in [1.82, 2.24) is 9.78 Å². The summed E-state index contributed by atoms with van der Waals surface area (Å²) in [5.74, 6) is -1.83. The van der Waals surface area contributed by atoms with Crippen LogP contribution < -0.4 is 10.1 Å². The molecule has 0 amide bonds. The first-order chi connectivity index (χ1) is 11.3. The number of rotatable bonds is 7. The zero-order valence-corrected chi connectivity index (χ0v) is 13.0. The maximum absolute atomic E-state index is 13.0. The number of ether oxygens (including phenoxy) is 1. The smallest absolute Gasteiger partial charge is 0.333 e. The highest BCUT2D eigenvalue weighted by Crippen LogP contribution is 2.27. The molecule has 1 atom stereocenters. The minimum atomic E-state index is -1.05. The highest BCUT2D eigenvalue weighted by atomic mass is 19.2. The van der Waals surface area contributed by atoms with Crippen molar-refractivity contribution in [2.24, 2.45) is 7.05 Å². The van der Waals surface area contributed by atoms with Crippen LogP contribution >= 0.6 is 0 Å². The molecule has 2 N–H and O–H groups in total. The maximum atomic E-state index is 13.0. The van der Waals surface area contributed by atoms with Gasteiger partial charge < -0.3 is 15.2 Å². The van der Waals surface area contributed by atoms with Crippen molar-refractivity contribution in [3.63, 3.8) is 0 Å². The lowest BCUT2D eigenvalue weighted by atomic mass is 10.3. The summed E-state index contributed by atoms with van der Waals surface area (Å²) in [5.41, 5.74) is 0.0729. The highest BCUT2D eigenvalue weighted by Gasteiger charge is 2.24. The first-order valence-electron chi connectivity index (χ1n) is 6.97. The molecule has 1 unspecified atom stereocenters. The van der Waals surface area contributed by atoms with Crippen LogP contribution in [-0.4, -0.2) is 39.1 Å². The summed E-state index contributed by atoms with van der Waals surface area (Å²) in [7, 11) is 1.53. The van der Waals surface area contributed by atoms with Crippen LogP contribution in [0.25, 0.3) is 0 Å². The second-order valence-electron chi connectivity index (χ2n) is 5.08. The van der Waals surface area contributed by atoms with Crippen LogP contribution in [0.1, 0.15) is 5.69 Å². The number of aliphatic hydroxyl groups excluding tert-OH is 1. The minimum Gasteiger partial charge on any atom is -0.491 e. The molecule has 0 radical (unpaired) electrons. The van der Waals surface area contributed by atoms with E-state index >= 15 is 0 Å². The van der Waals surface area contributed by atoms with Gasteiger partial charge in [0.05, 0.1) is 4.92 Å². The molecule has 0 aliphatic heterocycles. The summed E-state index contributed by atoms with van der Waals surface area (Å²) in [6, 6.07) is 3.01. The van der Waals surface area contributed by atoms with Crippen LogP contribution in [0.2, 0.25) is 0 Å². The van der Waals surface area contributed by atoms with Crippen molar-refractivity contribution >= 4 is 11.5 Å². The fraction of sp³-hybridized carbons (Fsp3) is 0.357. The molecular weight excluding hydrogens is 326 g/mol. The SMILES string of the molecule is Cc1nn(C)c(NCC(O)COc2ccc(F)c(F)c2)c1[N+](=O)[O-]. The lowest BCUT2D eigenvalue weighted by Crippen LogP contribution is -2.27. The van der Waals surface area contributed by atoms with Crippen LogP contribution in [0.15, 0.2) is 18.2 Å². The van der Waals surface area contributed by atoms with E-state index in [0.717, 1.165) is 12.1 Å². The number of benzene rings is 1. The number of halogens is 2. The Bertz CT molecular complexity index is 751. The van der Waals surface area contributed by atoms with Gasteiger partial charge in [-0.1, -0.05) is 0 Å². The molecule has 1 aromatic heterocycles. The minimum absolute atomic E-state index is 0.0521. The number of hydrogen-bond acceptors (Lipinski definition) is 6. The van der Waals surface area contributed by atoms with Crippen LogP contribution in [0.4, 0.5) is 20.3 Å². The predicted octanol–water partition coefficient (Wildman–Crippen LogP) is 1.77. The molecule has 2 aromatic rings. The molecule has 1 aromatic carbocycles. The highest BCUT2D eigenvalue weighted by molar-refractivity contribution is 5.59. The fourth-order valence-corrected chi connectivity index (χ4v) is 2.10. The van der Waals surface area contributed by atoms with E-state index in [1.807, 2.05) is 0 Å². The monoisotopic (exact) mass is 342 g/mol. The lowest BCUT2D eigenvalue weighted by Gasteiger charge is -2.14. The standard InChI is InChI=1S/C14H16F2N4O4/c1-8-13(20(22)23)14(19(2)18-8)17-6-9(21)7-24-10-3-4-11(15)12(16)5-10/h3-5,9,17,21H,6-7H2,1-2H3. The second-order valence-corrected chi connectivity index (χ2v) is 5.08. The van der Waals surface area contributed by atoms with Gasteiger partial charge in [0.15, 0.2) is 11.6 Å². The van der Waals surface area contributed by atoms with Gasteiger partial charge >= 0.3 is 5.69 Å². The molecule has 0 spiro atoms. The zero-order chi connectivity index (χ0) is 17.9. The van der Waals surface area contributed by atoms with E-state index < -0.39 is 22.7 Å². The van der Waals surface area contributed by atoms with Crippen molar-refractivity contribution in [3.05, 3.63) is 45.6 Å². The van der Waals surface area contributed by atoms with Crippen molar-refractivity contribution in [3.8, 4) is 5.75 Å². The van der Waals surface area contributed by atoms with E-state index in [1.165, 1.54) is 24.7 Å². The zero-order valence-electron chi connectivity index (χ0n) is 13.0. The van der Waals surface area contributed by atoms with Gasteiger partial charge in [-0.15, -0.1) is 0 Å². The van der Waals surface area contributed by atoms with Crippen LogP contribution in [-0.2, 0) is 7.05 Å². The predicted molar refractivity (Wildman–Crippen MR) is 80.9 cm³/mol. The fourth-order valence-electron chi connectivity index (χ4n) is 2.10. The number of hydrogen-bond donors (Lipinski definition) is 2. The Morgan fingerprint density at radius 1 is 1.46 bits per heavy atom. The van der Waals surface area contributed by atoms with Crippen LogP contribution in [0.5, 0.6) is 5.75 Å². The average Bonchev–Trinajstić information content (AvgIpc) is 2.80. The molecule has 24 heavy (non-hydrogen) atoms. The van der Waals surface area contributed by atoms with Crippen molar-refractivity contribution in [1.29, 1.82) is 0 Å². The van der Waals surface area contributed by atoms with Gasteiger partial charge in [-0.3, -0.25) is 10.1 Å². The van der Waals surface area contributed by atoms with Crippen LogP contribution in [0.3, 0.4) is 0 Å². The molecule has 130 valence electrons. The molecule has 2 rings (SSSR count). The topological polar surface area (TPSA) is 102 Å². The van der Waals surface area contributed by atoms with E-state index in [-0.39, 0.29) is 36.1 Å². The van der Waals surface area contributed by atoms with E-state index in [9.17, 15) is 24.0 Å². The first-order valence-corrected chi connectivity index (χ1v) is 6.97. The number of nitrogens with zero attached hydrogens (tertiary/aromatic N) is 3.